The van der Waals surface area contributed by atoms with Crippen molar-refractivity contribution in [2.75, 3.05) is 19.5 Å². The number of carbonyl (C=O) groups excluding carboxylic acids is 1. The minimum atomic E-state index is -3.80. The molecule has 0 unspecified atom stereocenters. The molecule has 0 aromatic heterocycles. The van der Waals surface area contributed by atoms with Crippen LogP contribution in [-0.4, -0.2) is 34.3 Å². The van der Waals surface area contributed by atoms with Crippen molar-refractivity contribution < 1.29 is 27.4 Å². The van der Waals surface area contributed by atoms with Crippen LogP contribution in [0.25, 0.3) is 0 Å². The van der Waals surface area contributed by atoms with Gasteiger partial charge in [0.25, 0.3) is 0 Å². The van der Waals surface area contributed by atoms with Crippen molar-refractivity contribution in [3.63, 3.8) is 0 Å². The first-order chi connectivity index (χ1) is 10.4. The molecule has 0 atom stereocenters. The summed E-state index contributed by atoms with van der Waals surface area (Å²) < 4.78 is 38.2. The molecule has 0 fully saturated rings. The Labute approximate surface area is 136 Å². The largest absolute Gasteiger partial charge is 0.493 e. The number of ether oxygens (including phenoxy) is 3. The van der Waals surface area contributed by atoms with Gasteiger partial charge < -0.3 is 14.2 Å². The van der Waals surface area contributed by atoms with Crippen LogP contribution in [0.1, 0.15) is 26.3 Å². The van der Waals surface area contributed by atoms with E-state index in [1.54, 1.807) is 20.8 Å². The van der Waals surface area contributed by atoms with Crippen molar-refractivity contribution in [3.05, 3.63) is 17.7 Å². The van der Waals surface area contributed by atoms with E-state index in [2.05, 4.69) is 5.32 Å². The molecule has 0 radical (unpaired) electrons. The van der Waals surface area contributed by atoms with E-state index < -0.39 is 27.5 Å². The summed E-state index contributed by atoms with van der Waals surface area (Å²) in [6, 6.07) is 2.89. The van der Waals surface area contributed by atoms with Gasteiger partial charge in [0.2, 0.25) is 10.0 Å². The molecule has 8 nitrogen and oxygen atoms in total. The number of carbonyl (C=O) groups is 1. The molecule has 0 saturated carbocycles. The number of nitrogens with two attached hydrogens (primary N) is 1. The first-order valence-electron chi connectivity index (χ1n) is 6.70. The van der Waals surface area contributed by atoms with Crippen LogP contribution in [0, 0.1) is 0 Å². The first kappa shape index (κ1) is 19.0. The van der Waals surface area contributed by atoms with Crippen LogP contribution in [0.15, 0.2) is 12.1 Å². The lowest BCUT2D eigenvalue weighted by Crippen LogP contribution is -2.27. The number of nitrogens with one attached hydrogen (secondary N) is 1. The van der Waals surface area contributed by atoms with Gasteiger partial charge in [-0.25, -0.2) is 18.4 Å². The Hall–Kier alpha value is -2.00. The summed E-state index contributed by atoms with van der Waals surface area (Å²) >= 11 is 0. The standard InChI is InChI=1S/C14H22N2O6S/c1-14(2,3)22-13(17)16-10-7-12(21-5)11(20-4)6-9(10)8-23(15,18)19/h6-7H,8H2,1-5H3,(H,16,17)(H2,15,18,19). The molecular weight excluding hydrogens is 324 g/mol. The van der Waals surface area contributed by atoms with E-state index in [1.807, 2.05) is 0 Å². The third kappa shape index (κ3) is 6.33. The van der Waals surface area contributed by atoms with Crippen molar-refractivity contribution in [3.8, 4) is 11.5 Å². The summed E-state index contributed by atoms with van der Waals surface area (Å²) in [5.41, 5.74) is -0.220. The maximum atomic E-state index is 11.9. The minimum absolute atomic E-state index is 0.214. The Balaban J connectivity index is 3.23. The highest BCUT2D eigenvalue weighted by molar-refractivity contribution is 7.88. The maximum absolute atomic E-state index is 11.9. The Morgan fingerprint density at radius 3 is 2.13 bits per heavy atom. The van der Waals surface area contributed by atoms with Crippen molar-refractivity contribution in [2.45, 2.75) is 32.1 Å². The molecule has 0 aliphatic heterocycles. The molecule has 1 aromatic rings. The van der Waals surface area contributed by atoms with E-state index in [-0.39, 0.29) is 11.3 Å². The van der Waals surface area contributed by atoms with Crippen LogP contribution in [-0.2, 0) is 20.5 Å². The third-order valence-electron chi connectivity index (χ3n) is 2.60. The number of sulfonamides is 1. The quantitative estimate of drug-likeness (QED) is 0.840. The van der Waals surface area contributed by atoms with Gasteiger partial charge in [-0.3, -0.25) is 5.32 Å². The Morgan fingerprint density at radius 1 is 1.17 bits per heavy atom. The highest BCUT2D eigenvalue weighted by atomic mass is 32.2. The number of anilines is 1. The van der Waals surface area contributed by atoms with E-state index in [0.29, 0.717) is 11.5 Å². The van der Waals surface area contributed by atoms with E-state index in [4.69, 9.17) is 19.3 Å². The molecule has 0 spiro atoms. The van der Waals surface area contributed by atoms with Crippen LogP contribution >= 0.6 is 0 Å². The summed E-state index contributed by atoms with van der Waals surface area (Å²) in [7, 11) is -0.962. The van der Waals surface area contributed by atoms with Gasteiger partial charge in [-0.05, 0) is 32.4 Å². The number of hydrogen-bond acceptors (Lipinski definition) is 6. The predicted molar refractivity (Wildman–Crippen MR) is 86.2 cm³/mol. The van der Waals surface area contributed by atoms with Gasteiger partial charge in [-0.2, -0.15) is 0 Å². The van der Waals surface area contributed by atoms with Crippen LogP contribution in [0.2, 0.25) is 0 Å². The summed E-state index contributed by atoms with van der Waals surface area (Å²) in [6.07, 6.45) is -0.722. The second kappa shape index (κ2) is 7.05. The highest BCUT2D eigenvalue weighted by Gasteiger charge is 2.20. The van der Waals surface area contributed by atoms with E-state index >= 15 is 0 Å². The third-order valence-corrected chi connectivity index (χ3v) is 3.32. The second-order valence-electron chi connectivity index (χ2n) is 5.80. The SMILES string of the molecule is COc1cc(CS(N)(=O)=O)c(NC(=O)OC(C)(C)C)cc1OC. The van der Waals surface area contributed by atoms with Gasteiger partial charge in [-0.15, -0.1) is 0 Å². The number of methoxy groups -OCH3 is 2. The average Bonchev–Trinajstić information content (AvgIpc) is 2.36. The van der Waals surface area contributed by atoms with Crippen molar-refractivity contribution in [1.29, 1.82) is 0 Å². The number of hydrogen-bond donors (Lipinski definition) is 2. The molecule has 3 N–H and O–H groups in total. The lowest BCUT2D eigenvalue weighted by Gasteiger charge is -2.21. The topological polar surface area (TPSA) is 117 Å². The Kier molecular flexibility index (Phi) is 5.84. The maximum Gasteiger partial charge on any atom is 0.412 e. The van der Waals surface area contributed by atoms with Crippen LogP contribution < -0.4 is 19.9 Å². The highest BCUT2D eigenvalue weighted by Crippen LogP contribution is 2.34. The Bertz CT molecular complexity index is 679. The average molecular weight is 346 g/mol. The van der Waals surface area contributed by atoms with Crippen LogP contribution in [0.3, 0.4) is 0 Å². The molecule has 1 rings (SSSR count). The monoisotopic (exact) mass is 346 g/mol. The number of benzene rings is 1. The summed E-state index contributed by atoms with van der Waals surface area (Å²) in [5, 5.41) is 7.59. The van der Waals surface area contributed by atoms with Crippen molar-refractivity contribution >= 4 is 21.8 Å². The number of primary sulfonamides is 1. The molecule has 130 valence electrons. The summed E-state index contributed by atoms with van der Waals surface area (Å²) in [4.78, 5) is 11.9. The van der Waals surface area contributed by atoms with Gasteiger partial charge in [-0.1, -0.05) is 0 Å². The number of amides is 1. The molecule has 9 heteroatoms. The van der Waals surface area contributed by atoms with Gasteiger partial charge in [0.05, 0.1) is 25.7 Å². The van der Waals surface area contributed by atoms with Gasteiger partial charge in [0, 0.05) is 6.07 Å². The molecule has 23 heavy (non-hydrogen) atoms. The zero-order chi connectivity index (χ0) is 17.8. The molecule has 0 aliphatic carbocycles. The smallest absolute Gasteiger partial charge is 0.412 e. The molecule has 0 bridgehead atoms. The van der Waals surface area contributed by atoms with E-state index in [1.165, 1.54) is 26.4 Å². The zero-order valence-electron chi connectivity index (χ0n) is 13.8. The molecule has 0 aliphatic rings. The molecule has 0 heterocycles. The van der Waals surface area contributed by atoms with Crippen molar-refractivity contribution in [2.24, 2.45) is 5.14 Å². The predicted octanol–water partition coefficient (Wildman–Crippen LogP) is 1.84. The molecule has 1 amide bonds. The lowest BCUT2D eigenvalue weighted by molar-refractivity contribution is 0.0635. The van der Waals surface area contributed by atoms with Crippen molar-refractivity contribution in [1.82, 2.24) is 0 Å². The normalized spacial score (nSPS) is 11.7. The summed E-state index contributed by atoms with van der Waals surface area (Å²) in [5.74, 6) is 0.177. The van der Waals surface area contributed by atoms with Crippen LogP contribution in [0.5, 0.6) is 11.5 Å². The fraction of sp³-hybridized carbons (Fsp3) is 0.500. The summed E-state index contributed by atoms with van der Waals surface area (Å²) in [6.45, 7) is 5.14. The van der Waals surface area contributed by atoms with E-state index in [0.717, 1.165) is 0 Å². The van der Waals surface area contributed by atoms with Gasteiger partial charge >= 0.3 is 6.09 Å². The second-order valence-corrected chi connectivity index (χ2v) is 7.41. The fourth-order valence-electron chi connectivity index (χ4n) is 1.79. The Morgan fingerprint density at radius 2 is 1.70 bits per heavy atom. The lowest BCUT2D eigenvalue weighted by atomic mass is 10.1. The molecule has 0 saturated heterocycles. The molecule has 1 aromatic carbocycles. The minimum Gasteiger partial charge on any atom is -0.493 e. The fourth-order valence-corrected chi connectivity index (χ4v) is 2.46. The number of rotatable bonds is 5. The molecular formula is C14H22N2O6S. The van der Waals surface area contributed by atoms with Gasteiger partial charge in [0.15, 0.2) is 11.5 Å². The van der Waals surface area contributed by atoms with E-state index in [9.17, 15) is 13.2 Å². The van der Waals surface area contributed by atoms with Crippen LogP contribution in [0.4, 0.5) is 10.5 Å². The first-order valence-corrected chi connectivity index (χ1v) is 8.42. The zero-order valence-corrected chi connectivity index (χ0v) is 14.6. The van der Waals surface area contributed by atoms with Gasteiger partial charge in [0.1, 0.15) is 5.60 Å².